The maximum atomic E-state index is 11.1. The summed E-state index contributed by atoms with van der Waals surface area (Å²) in [5.74, 6) is 1.07. The summed E-state index contributed by atoms with van der Waals surface area (Å²) in [5.41, 5.74) is 0. The highest BCUT2D eigenvalue weighted by Gasteiger charge is 2.17. The Morgan fingerprint density at radius 2 is 2.47 bits per heavy atom. The van der Waals surface area contributed by atoms with Crippen LogP contribution in [0.4, 0.5) is 0 Å². The zero-order chi connectivity index (χ0) is 11.1. The highest BCUT2D eigenvalue weighted by Crippen LogP contribution is 2.24. The number of thioether (sulfide) groups is 1. The van der Waals surface area contributed by atoms with Gasteiger partial charge in [0, 0.05) is 18.3 Å². The molecule has 1 saturated heterocycles. The number of carbonyl (C=O) groups is 1. The highest BCUT2D eigenvalue weighted by molar-refractivity contribution is 9.10. The molecule has 0 aromatic carbocycles. The van der Waals surface area contributed by atoms with Crippen LogP contribution >= 0.6 is 27.7 Å². The number of esters is 1. The van der Waals surface area contributed by atoms with Crippen molar-refractivity contribution in [2.24, 2.45) is 0 Å². The van der Waals surface area contributed by atoms with Gasteiger partial charge < -0.3 is 10.1 Å². The van der Waals surface area contributed by atoms with Gasteiger partial charge >= 0.3 is 5.97 Å². The van der Waals surface area contributed by atoms with Crippen molar-refractivity contribution in [3.8, 4) is 0 Å². The molecule has 15 heavy (non-hydrogen) atoms. The number of nitrogens with one attached hydrogen (secondary N) is 1. The largest absolute Gasteiger partial charge is 0.468 e. The molecule has 0 aliphatic carbocycles. The van der Waals surface area contributed by atoms with E-state index in [9.17, 15) is 4.79 Å². The van der Waals surface area contributed by atoms with Crippen LogP contribution in [0.25, 0.3) is 0 Å². The lowest BCUT2D eigenvalue weighted by molar-refractivity contribution is -0.139. The molecule has 0 aromatic heterocycles. The summed E-state index contributed by atoms with van der Waals surface area (Å²) < 4.78 is 4.62. The molecule has 1 aliphatic rings. The molecule has 1 N–H and O–H groups in total. The molecule has 2 unspecified atom stereocenters. The van der Waals surface area contributed by atoms with Gasteiger partial charge in [-0.15, -0.1) is 0 Å². The number of hydrogen-bond donors (Lipinski definition) is 1. The van der Waals surface area contributed by atoms with Gasteiger partial charge in [-0.05, 0) is 18.6 Å². The number of carbonyl (C=O) groups excluding carboxylic acids is 1. The molecule has 0 radical (unpaired) electrons. The highest BCUT2D eigenvalue weighted by atomic mass is 79.9. The van der Waals surface area contributed by atoms with Crippen molar-refractivity contribution in [2.45, 2.75) is 29.3 Å². The van der Waals surface area contributed by atoms with Gasteiger partial charge in [-0.1, -0.05) is 22.4 Å². The van der Waals surface area contributed by atoms with Crippen LogP contribution < -0.4 is 5.32 Å². The van der Waals surface area contributed by atoms with E-state index in [4.69, 9.17) is 0 Å². The average molecular weight is 296 g/mol. The number of methoxy groups -OCH3 is 1. The van der Waals surface area contributed by atoms with E-state index in [0.717, 1.165) is 11.8 Å². The fourth-order valence-corrected chi connectivity index (χ4v) is 3.24. The van der Waals surface area contributed by atoms with Crippen LogP contribution in [0.3, 0.4) is 0 Å². The molecular formula is C10H18BrNO2S. The lowest BCUT2D eigenvalue weighted by atomic mass is 10.2. The predicted octanol–water partition coefficient (Wildman–Crippen LogP) is 1.80. The molecule has 0 saturated carbocycles. The molecule has 1 heterocycles. The summed E-state index contributed by atoms with van der Waals surface area (Å²) in [4.78, 5) is 10.9. The predicted molar refractivity (Wildman–Crippen MR) is 67.7 cm³/mol. The van der Waals surface area contributed by atoms with Gasteiger partial charge in [-0.25, -0.2) is 0 Å². The second-order valence-electron chi connectivity index (χ2n) is 3.64. The SMILES string of the molecule is COC(=O)C(Br)CNCC1CCCCS1. The first-order valence-electron chi connectivity index (χ1n) is 5.28. The van der Waals surface area contributed by atoms with E-state index in [1.165, 1.54) is 32.1 Å². The average Bonchev–Trinajstić information content (AvgIpc) is 2.29. The minimum Gasteiger partial charge on any atom is -0.468 e. The number of hydrogen-bond acceptors (Lipinski definition) is 4. The van der Waals surface area contributed by atoms with Crippen LogP contribution in [0.15, 0.2) is 0 Å². The third-order valence-corrected chi connectivity index (χ3v) is 4.52. The molecule has 1 fully saturated rings. The zero-order valence-corrected chi connectivity index (χ0v) is 11.4. The van der Waals surface area contributed by atoms with Gasteiger partial charge in [0.2, 0.25) is 0 Å². The van der Waals surface area contributed by atoms with Crippen LogP contribution in [0.2, 0.25) is 0 Å². The summed E-state index contributed by atoms with van der Waals surface area (Å²) in [6.07, 6.45) is 3.99. The summed E-state index contributed by atoms with van der Waals surface area (Å²) in [6, 6.07) is 0. The normalized spacial score (nSPS) is 23.5. The minimum absolute atomic E-state index is 0.209. The maximum absolute atomic E-state index is 11.1. The number of halogens is 1. The standard InChI is InChI=1S/C10H18BrNO2S/c1-14-10(13)9(11)7-12-6-8-4-2-3-5-15-8/h8-9,12H,2-7H2,1H3. The summed E-state index contributed by atoms with van der Waals surface area (Å²) in [7, 11) is 1.41. The Kier molecular flexibility index (Phi) is 6.68. The molecule has 0 amide bonds. The van der Waals surface area contributed by atoms with Gasteiger partial charge in [0.05, 0.1) is 7.11 Å². The van der Waals surface area contributed by atoms with E-state index < -0.39 is 0 Å². The van der Waals surface area contributed by atoms with Crippen molar-refractivity contribution in [3.63, 3.8) is 0 Å². The third kappa shape index (κ3) is 5.22. The molecule has 88 valence electrons. The van der Waals surface area contributed by atoms with E-state index in [1.807, 2.05) is 11.8 Å². The van der Waals surface area contributed by atoms with E-state index in [-0.39, 0.29) is 10.8 Å². The first-order chi connectivity index (χ1) is 7.24. The van der Waals surface area contributed by atoms with Gasteiger partial charge in [-0.2, -0.15) is 11.8 Å². The Hall–Kier alpha value is 0.260. The summed E-state index contributed by atoms with van der Waals surface area (Å²) in [6.45, 7) is 1.63. The molecule has 0 spiro atoms. The van der Waals surface area contributed by atoms with Crippen LogP contribution in [-0.4, -0.2) is 42.0 Å². The van der Waals surface area contributed by atoms with Crippen LogP contribution in [0, 0.1) is 0 Å². The molecule has 5 heteroatoms. The maximum Gasteiger partial charge on any atom is 0.320 e. The molecular weight excluding hydrogens is 278 g/mol. The number of alkyl halides is 1. The Labute approximate surface area is 104 Å². The van der Waals surface area contributed by atoms with Crippen LogP contribution in [-0.2, 0) is 9.53 Å². The van der Waals surface area contributed by atoms with Gasteiger partial charge in [-0.3, -0.25) is 4.79 Å². The van der Waals surface area contributed by atoms with E-state index in [0.29, 0.717) is 6.54 Å². The third-order valence-electron chi connectivity index (χ3n) is 2.43. The molecule has 1 rings (SSSR count). The molecule has 0 bridgehead atoms. The fraction of sp³-hybridized carbons (Fsp3) is 0.900. The minimum atomic E-state index is -0.226. The van der Waals surface area contributed by atoms with E-state index in [1.54, 1.807) is 0 Å². The summed E-state index contributed by atoms with van der Waals surface area (Å²) in [5, 5.41) is 4.02. The molecule has 0 aromatic rings. The van der Waals surface area contributed by atoms with E-state index >= 15 is 0 Å². The van der Waals surface area contributed by atoms with Crippen molar-refractivity contribution in [1.82, 2.24) is 5.32 Å². The first kappa shape index (κ1) is 13.3. The van der Waals surface area contributed by atoms with E-state index in [2.05, 4.69) is 26.0 Å². The lowest BCUT2D eigenvalue weighted by Crippen LogP contribution is -2.34. The van der Waals surface area contributed by atoms with Crippen molar-refractivity contribution >= 4 is 33.7 Å². The Morgan fingerprint density at radius 3 is 3.07 bits per heavy atom. The summed E-state index contributed by atoms with van der Waals surface area (Å²) >= 11 is 5.32. The molecule has 1 aliphatic heterocycles. The quantitative estimate of drug-likeness (QED) is 0.620. The second-order valence-corrected chi connectivity index (χ2v) is 6.15. The Bertz CT molecular complexity index is 198. The topological polar surface area (TPSA) is 38.3 Å². The van der Waals surface area contributed by atoms with Crippen molar-refractivity contribution in [1.29, 1.82) is 0 Å². The number of ether oxygens (including phenoxy) is 1. The van der Waals surface area contributed by atoms with Crippen LogP contribution in [0.1, 0.15) is 19.3 Å². The number of rotatable bonds is 5. The smallest absolute Gasteiger partial charge is 0.320 e. The van der Waals surface area contributed by atoms with Crippen molar-refractivity contribution < 1.29 is 9.53 Å². The monoisotopic (exact) mass is 295 g/mol. The Morgan fingerprint density at radius 1 is 1.67 bits per heavy atom. The fourth-order valence-electron chi connectivity index (χ4n) is 1.55. The lowest BCUT2D eigenvalue weighted by Gasteiger charge is -2.21. The van der Waals surface area contributed by atoms with Gasteiger partial charge in [0.1, 0.15) is 4.83 Å². The van der Waals surface area contributed by atoms with Crippen LogP contribution in [0.5, 0.6) is 0 Å². The van der Waals surface area contributed by atoms with Crippen molar-refractivity contribution in [3.05, 3.63) is 0 Å². The Balaban J connectivity index is 2.07. The van der Waals surface area contributed by atoms with Crippen molar-refractivity contribution in [2.75, 3.05) is 26.0 Å². The zero-order valence-electron chi connectivity index (χ0n) is 9.00. The molecule has 2 atom stereocenters. The van der Waals surface area contributed by atoms with Gasteiger partial charge in [0.25, 0.3) is 0 Å². The van der Waals surface area contributed by atoms with Gasteiger partial charge in [0.15, 0.2) is 0 Å². The first-order valence-corrected chi connectivity index (χ1v) is 7.24. The molecule has 3 nitrogen and oxygen atoms in total. The second kappa shape index (κ2) is 7.52.